The summed E-state index contributed by atoms with van der Waals surface area (Å²) in [5, 5.41) is 5.00. The Hall–Kier alpha value is -0.400. The number of halogens is 1. The Balaban J connectivity index is 2.94. The van der Waals surface area contributed by atoms with Crippen LogP contribution in [-0.2, 0) is 17.1 Å². The van der Waals surface area contributed by atoms with E-state index in [4.69, 9.17) is 0 Å². The minimum Gasteiger partial charge on any atom is -0.271 e. The summed E-state index contributed by atoms with van der Waals surface area (Å²) in [5.41, 5.74) is 1.11. The Morgan fingerprint density at radius 3 is 2.37 bits per heavy atom. The van der Waals surface area contributed by atoms with E-state index in [1.165, 1.54) is 0 Å². The molecule has 1 rings (SSSR count). The van der Waals surface area contributed by atoms with Crippen LogP contribution in [0.1, 0.15) is 31.7 Å². The Kier molecular flexibility index (Phi) is 5.20. The van der Waals surface area contributed by atoms with Crippen molar-refractivity contribution in [1.82, 2.24) is 14.5 Å². The molecule has 0 saturated heterocycles. The SMILES string of the molecule is Cc1nn(C)c(C)c1S(=O)(=O)NCC(C)(C)CCBr. The summed E-state index contributed by atoms with van der Waals surface area (Å²) in [6.45, 7) is 7.97. The van der Waals surface area contributed by atoms with Gasteiger partial charge in [-0.05, 0) is 25.7 Å². The molecule has 0 fully saturated rings. The summed E-state index contributed by atoms with van der Waals surface area (Å²) in [6, 6.07) is 0. The van der Waals surface area contributed by atoms with Gasteiger partial charge in [-0.25, -0.2) is 13.1 Å². The molecule has 0 aliphatic carbocycles. The Morgan fingerprint density at radius 1 is 1.37 bits per heavy atom. The monoisotopic (exact) mass is 351 g/mol. The van der Waals surface area contributed by atoms with Crippen molar-refractivity contribution in [1.29, 1.82) is 0 Å². The highest BCUT2D eigenvalue weighted by atomic mass is 79.9. The zero-order valence-corrected chi connectivity index (χ0v) is 14.5. The lowest BCUT2D eigenvalue weighted by Crippen LogP contribution is -2.34. The summed E-state index contributed by atoms with van der Waals surface area (Å²) in [6.07, 6.45) is 0.903. The molecule has 0 bridgehead atoms. The summed E-state index contributed by atoms with van der Waals surface area (Å²) < 4.78 is 29.0. The van der Waals surface area contributed by atoms with Crippen LogP contribution in [-0.4, -0.2) is 30.1 Å². The molecule has 0 radical (unpaired) electrons. The Bertz CT molecular complexity index is 550. The fourth-order valence-electron chi connectivity index (χ4n) is 1.85. The third-order valence-corrected chi connectivity index (χ3v) is 5.27. The van der Waals surface area contributed by atoms with E-state index in [2.05, 4.69) is 25.8 Å². The van der Waals surface area contributed by atoms with E-state index >= 15 is 0 Å². The van der Waals surface area contributed by atoms with Crippen LogP contribution in [0.3, 0.4) is 0 Å². The number of nitrogens with zero attached hydrogens (tertiary/aromatic N) is 2. The van der Waals surface area contributed by atoms with E-state index < -0.39 is 10.0 Å². The first-order valence-corrected chi connectivity index (χ1v) is 8.77. The topological polar surface area (TPSA) is 64.0 Å². The molecular weight excluding hydrogens is 330 g/mol. The molecule has 1 N–H and O–H groups in total. The minimum absolute atomic E-state index is 0.0827. The van der Waals surface area contributed by atoms with Gasteiger partial charge in [0.25, 0.3) is 0 Å². The fraction of sp³-hybridized carbons (Fsp3) is 0.750. The normalized spacial score (nSPS) is 12.9. The Morgan fingerprint density at radius 2 is 1.95 bits per heavy atom. The maximum absolute atomic E-state index is 12.4. The van der Waals surface area contributed by atoms with Crippen molar-refractivity contribution < 1.29 is 8.42 Å². The van der Waals surface area contributed by atoms with Crippen LogP contribution in [0, 0.1) is 19.3 Å². The molecule has 0 atom stereocenters. The van der Waals surface area contributed by atoms with Gasteiger partial charge in [0.1, 0.15) is 4.90 Å². The first-order chi connectivity index (χ1) is 8.60. The molecule has 0 unspecified atom stereocenters. The minimum atomic E-state index is -3.50. The number of sulfonamides is 1. The predicted octanol–water partition coefficient (Wildman–Crippen LogP) is 2.13. The number of aryl methyl sites for hydroxylation is 2. The van der Waals surface area contributed by atoms with Gasteiger partial charge in [0.2, 0.25) is 10.0 Å². The van der Waals surface area contributed by atoms with Crippen LogP contribution in [0.25, 0.3) is 0 Å². The van der Waals surface area contributed by atoms with E-state index in [9.17, 15) is 8.42 Å². The molecule has 5 nitrogen and oxygen atoms in total. The van der Waals surface area contributed by atoms with Crippen LogP contribution in [0.2, 0.25) is 0 Å². The van der Waals surface area contributed by atoms with Gasteiger partial charge in [0.15, 0.2) is 0 Å². The molecule has 110 valence electrons. The molecule has 1 aromatic rings. The van der Waals surface area contributed by atoms with Crippen LogP contribution in [0.4, 0.5) is 0 Å². The standard InChI is InChI=1S/C12H22BrN3O2S/c1-9-11(10(2)16(5)15-9)19(17,18)14-8-12(3,4)6-7-13/h14H,6-8H2,1-5H3. The molecule has 1 aromatic heterocycles. The van der Waals surface area contributed by atoms with Gasteiger partial charge in [-0.2, -0.15) is 5.10 Å². The average Bonchev–Trinajstić information content (AvgIpc) is 2.51. The molecule has 0 saturated carbocycles. The molecule has 0 aliphatic rings. The second-order valence-corrected chi connectivity index (χ2v) is 8.05. The van der Waals surface area contributed by atoms with Crippen molar-refractivity contribution in [2.24, 2.45) is 12.5 Å². The maximum atomic E-state index is 12.4. The predicted molar refractivity (Wildman–Crippen MR) is 80.1 cm³/mol. The second-order valence-electron chi connectivity index (χ2n) is 5.55. The van der Waals surface area contributed by atoms with Gasteiger partial charge >= 0.3 is 0 Å². The molecule has 0 aromatic carbocycles. The van der Waals surface area contributed by atoms with Gasteiger partial charge in [0, 0.05) is 18.9 Å². The summed E-state index contributed by atoms with van der Waals surface area (Å²) in [7, 11) is -1.75. The highest BCUT2D eigenvalue weighted by molar-refractivity contribution is 9.09. The van der Waals surface area contributed by atoms with Gasteiger partial charge in [-0.3, -0.25) is 4.68 Å². The van der Waals surface area contributed by atoms with Crippen LogP contribution < -0.4 is 4.72 Å². The quantitative estimate of drug-likeness (QED) is 0.798. The van der Waals surface area contributed by atoms with E-state index in [1.54, 1.807) is 25.6 Å². The van der Waals surface area contributed by atoms with Crippen molar-refractivity contribution in [2.75, 3.05) is 11.9 Å². The number of rotatable bonds is 6. The Labute approximate surface area is 124 Å². The smallest absolute Gasteiger partial charge is 0.244 e. The van der Waals surface area contributed by atoms with Crippen molar-refractivity contribution in [2.45, 2.75) is 39.0 Å². The number of alkyl halides is 1. The van der Waals surface area contributed by atoms with E-state index in [0.29, 0.717) is 22.8 Å². The maximum Gasteiger partial charge on any atom is 0.244 e. The average molecular weight is 352 g/mol. The molecule has 0 amide bonds. The lowest BCUT2D eigenvalue weighted by molar-refractivity contribution is 0.354. The van der Waals surface area contributed by atoms with Crippen molar-refractivity contribution in [3.05, 3.63) is 11.4 Å². The number of hydrogen-bond acceptors (Lipinski definition) is 3. The third kappa shape index (κ3) is 4.03. The summed E-state index contributed by atoms with van der Waals surface area (Å²) in [4.78, 5) is 0.296. The van der Waals surface area contributed by atoms with E-state index in [1.807, 2.05) is 13.8 Å². The zero-order valence-electron chi connectivity index (χ0n) is 12.1. The number of aromatic nitrogens is 2. The molecule has 7 heteroatoms. The highest BCUT2D eigenvalue weighted by Gasteiger charge is 2.26. The van der Waals surface area contributed by atoms with Gasteiger partial charge < -0.3 is 0 Å². The molecule has 0 spiro atoms. The zero-order chi connectivity index (χ0) is 14.8. The van der Waals surface area contributed by atoms with Gasteiger partial charge in [0.05, 0.1) is 11.4 Å². The van der Waals surface area contributed by atoms with Crippen molar-refractivity contribution in [3.8, 4) is 0 Å². The fourth-order valence-corrected chi connectivity index (χ4v) is 4.60. The molecule has 0 aliphatic heterocycles. The van der Waals surface area contributed by atoms with E-state index in [0.717, 1.165) is 11.8 Å². The second kappa shape index (κ2) is 5.93. The third-order valence-electron chi connectivity index (χ3n) is 3.22. The van der Waals surface area contributed by atoms with Crippen LogP contribution in [0.5, 0.6) is 0 Å². The first kappa shape index (κ1) is 16.7. The molecule has 19 heavy (non-hydrogen) atoms. The number of nitrogens with one attached hydrogen (secondary N) is 1. The summed E-state index contributed by atoms with van der Waals surface area (Å²) in [5.74, 6) is 0. The lowest BCUT2D eigenvalue weighted by atomic mass is 9.91. The van der Waals surface area contributed by atoms with Crippen LogP contribution in [0.15, 0.2) is 4.90 Å². The van der Waals surface area contributed by atoms with Gasteiger partial charge in [-0.1, -0.05) is 29.8 Å². The van der Waals surface area contributed by atoms with Crippen LogP contribution >= 0.6 is 15.9 Å². The molecular formula is C12H22BrN3O2S. The highest BCUT2D eigenvalue weighted by Crippen LogP contribution is 2.23. The van der Waals surface area contributed by atoms with E-state index in [-0.39, 0.29) is 5.41 Å². The number of hydrogen-bond donors (Lipinski definition) is 1. The van der Waals surface area contributed by atoms with Gasteiger partial charge in [-0.15, -0.1) is 0 Å². The molecule has 1 heterocycles. The lowest BCUT2D eigenvalue weighted by Gasteiger charge is -2.23. The first-order valence-electron chi connectivity index (χ1n) is 6.16. The largest absolute Gasteiger partial charge is 0.271 e. The van der Waals surface area contributed by atoms with Crippen molar-refractivity contribution in [3.63, 3.8) is 0 Å². The van der Waals surface area contributed by atoms with Crippen molar-refractivity contribution >= 4 is 26.0 Å². The summed E-state index contributed by atoms with van der Waals surface area (Å²) >= 11 is 3.39.